The van der Waals surface area contributed by atoms with Gasteiger partial charge < -0.3 is 15.7 Å². The fourth-order valence-corrected chi connectivity index (χ4v) is 2.87. The van der Waals surface area contributed by atoms with Crippen LogP contribution in [0.25, 0.3) is 5.69 Å². The third-order valence-corrected chi connectivity index (χ3v) is 4.57. The van der Waals surface area contributed by atoms with E-state index in [1.54, 1.807) is 6.20 Å². The van der Waals surface area contributed by atoms with Gasteiger partial charge in [-0.25, -0.2) is 4.68 Å². The minimum atomic E-state index is -0.579. The summed E-state index contributed by atoms with van der Waals surface area (Å²) in [5, 5.41) is 21.0. The molecular formula is C19H28IN5O. The fourth-order valence-electron chi connectivity index (χ4n) is 2.87. The van der Waals surface area contributed by atoms with Gasteiger partial charge in [-0.1, -0.05) is 12.1 Å². The molecule has 1 saturated carbocycles. The Balaban J connectivity index is 0.00000243. The van der Waals surface area contributed by atoms with Crippen molar-refractivity contribution < 1.29 is 5.11 Å². The highest BCUT2D eigenvalue weighted by molar-refractivity contribution is 14.0. The van der Waals surface area contributed by atoms with Crippen LogP contribution in [0.4, 0.5) is 0 Å². The lowest BCUT2D eigenvalue weighted by Crippen LogP contribution is -2.43. The van der Waals surface area contributed by atoms with Gasteiger partial charge in [0.2, 0.25) is 0 Å². The van der Waals surface area contributed by atoms with Crippen LogP contribution in [0, 0.1) is 0 Å². The molecule has 7 heteroatoms. The van der Waals surface area contributed by atoms with E-state index in [1.165, 1.54) is 5.56 Å². The highest BCUT2D eigenvalue weighted by Gasteiger charge is 2.34. The van der Waals surface area contributed by atoms with Crippen LogP contribution in [0.15, 0.2) is 47.7 Å². The number of nitrogens with zero attached hydrogens (tertiary/aromatic N) is 3. The summed E-state index contributed by atoms with van der Waals surface area (Å²) in [6.07, 6.45) is 7.45. The van der Waals surface area contributed by atoms with Crippen molar-refractivity contribution in [2.24, 2.45) is 4.99 Å². The van der Waals surface area contributed by atoms with Gasteiger partial charge in [0, 0.05) is 25.5 Å². The molecule has 0 saturated heterocycles. The monoisotopic (exact) mass is 469 g/mol. The zero-order valence-electron chi connectivity index (χ0n) is 15.2. The first-order valence-electron chi connectivity index (χ1n) is 9.02. The van der Waals surface area contributed by atoms with E-state index in [9.17, 15) is 5.11 Å². The van der Waals surface area contributed by atoms with Crippen LogP contribution in [0.3, 0.4) is 0 Å². The highest BCUT2D eigenvalue weighted by atomic mass is 127. The number of halogens is 1. The van der Waals surface area contributed by atoms with E-state index in [0.717, 1.165) is 50.4 Å². The normalized spacial score (nSPS) is 15.7. The average Bonchev–Trinajstić information content (AvgIpc) is 3.13. The first kappa shape index (κ1) is 20.7. The van der Waals surface area contributed by atoms with Gasteiger partial charge in [0.1, 0.15) is 0 Å². The van der Waals surface area contributed by atoms with E-state index in [2.05, 4.69) is 45.0 Å². The van der Waals surface area contributed by atoms with Crippen LogP contribution in [0.2, 0.25) is 0 Å². The molecular weight excluding hydrogens is 441 g/mol. The largest absolute Gasteiger partial charge is 0.388 e. The topological polar surface area (TPSA) is 74.5 Å². The number of benzene rings is 1. The SMILES string of the molecule is CCNC(=NCC1(O)CCC1)NCCc1ccc(-n2cccn2)cc1.I. The maximum Gasteiger partial charge on any atom is 0.191 e. The van der Waals surface area contributed by atoms with E-state index < -0.39 is 5.60 Å². The number of aliphatic hydroxyl groups is 1. The molecule has 0 aliphatic heterocycles. The smallest absolute Gasteiger partial charge is 0.191 e. The van der Waals surface area contributed by atoms with Crippen LogP contribution in [0.1, 0.15) is 31.7 Å². The third-order valence-electron chi connectivity index (χ3n) is 4.57. The van der Waals surface area contributed by atoms with Gasteiger partial charge >= 0.3 is 0 Å². The standard InChI is InChI=1S/C19H27N5O.HI/c1-2-20-18(22-15-19(25)10-3-11-19)21-13-9-16-5-7-17(8-6-16)24-14-4-12-23-24;/h4-8,12,14,25H,2-3,9-11,13,15H2,1H3,(H2,20,21,22);1H. The highest BCUT2D eigenvalue weighted by Crippen LogP contribution is 2.31. The van der Waals surface area contributed by atoms with Gasteiger partial charge in [-0.05, 0) is 56.4 Å². The van der Waals surface area contributed by atoms with E-state index in [-0.39, 0.29) is 24.0 Å². The zero-order valence-corrected chi connectivity index (χ0v) is 17.5. The molecule has 6 nitrogen and oxygen atoms in total. The Bertz CT molecular complexity index is 680. The van der Waals surface area contributed by atoms with Gasteiger partial charge in [-0.15, -0.1) is 24.0 Å². The lowest BCUT2D eigenvalue weighted by atomic mass is 9.80. The van der Waals surface area contributed by atoms with Crippen molar-refractivity contribution in [2.45, 2.75) is 38.2 Å². The molecule has 1 aliphatic rings. The molecule has 0 amide bonds. The summed E-state index contributed by atoms with van der Waals surface area (Å²) in [5.41, 5.74) is 1.74. The number of hydrogen-bond acceptors (Lipinski definition) is 3. The quantitative estimate of drug-likeness (QED) is 0.331. The molecule has 1 aliphatic carbocycles. The first-order valence-corrected chi connectivity index (χ1v) is 9.02. The maximum atomic E-state index is 10.2. The molecule has 26 heavy (non-hydrogen) atoms. The summed E-state index contributed by atoms with van der Waals surface area (Å²) < 4.78 is 1.85. The first-order chi connectivity index (χ1) is 12.2. The molecule has 0 bridgehead atoms. The molecule has 0 spiro atoms. The Kier molecular flexibility index (Phi) is 7.89. The zero-order chi connectivity index (χ0) is 17.5. The Morgan fingerprint density at radius 2 is 2.04 bits per heavy atom. The van der Waals surface area contributed by atoms with Crippen molar-refractivity contribution in [2.75, 3.05) is 19.6 Å². The summed E-state index contributed by atoms with van der Waals surface area (Å²) in [6, 6.07) is 10.3. The van der Waals surface area contributed by atoms with Gasteiger partial charge in [-0.2, -0.15) is 5.10 Å². The van der Waals surface area contributed by atoms with Gasteiger partial charge in [-0.3, -0.25) is 4.99 Å². The summed E-state index contributed by atoms with van der Waals surface area (Å²) in [4.78, 5) is 4.52. The summed E-state index contributed by atoms with van der Waals surface area (Å²) in [7, 11) is 0. The third kappa shape index (κ3) is 5.70. The number of aliphatic imine (C=N–C) groups is 1. The number of aromatic nitrogens is 2. The van der Waals surface area contributed by atoms with Crippen LogP contribution >= 0.6 is 24.0 Å². The second-order valence-electron chi connectivity index (χ2n) is 6.57. The fraction of sp³-hybridized carbons (Fsp3) is 0.474. The predicted molar refractivity (Wildman–Crippen MR) is 115 cm³/mol. The second-order valence-corrected chi connectivity index (χ2v) is 6.57. The Morgan fingerprint density at radius 3 is 2.62 bits per heavy atom. The second kappa shape index (κ2) is 9.91. The van der Waals surface area contributed by atoms with Gasteiger partial charge in [0.05, 0.1) is 17.8 Å². The molecule has 0 radical (unpaired) electrons. The van der Waals surface area contributed by atoms with Crippen molar-refractivity contribution in [3.8, 4) is 5.69 Å². The molecule has 3 rings (SSSR count). The molecule has 1 fully saturated rings. The van der Waals surface area contributed by atoms with Crippen molar-refractivity contribution in [3.63, 3.8) is 0 Å². The van der Waals surface area contributed by atoms with Gasteiger partial charge in [0.15, 0.2) is 5.96 Å². The van der Waals surface area contributed by atoms with Crippen LogP contribution in [-0.2, 0) is 6.42 Å². The lowest BCUT2D eigenvalue weighted by Gasteiger charge is -2.35. The molecule has 0 atom stereocenters. The number of guanidine groups is 1. The Labute approximate surface area is 172 Å². The molecule has 1 heterocycles. The van der Waals surface area contributed by atoms with E-state index in [1.807, 2.05) is 23.9 Å². The lowest BCUT2D eigenvalue weighted by molar-refractivity contribution is -0.0236. The molecule has 0 unspecified atom stereocenters. The van der Waals surface area contributed by atoms with Crippen molar-refractivity contribution in [1.82, 2.24) is 20.4 Å². The van der Waals surface area contributed by atoms with Crippen LogP contribution in [0.5, 0.6) is 0 Å². The molecule has 3 N–H and O–H groups in total. The average molecular weight is 469 g/mol. The van der Waals surface area contributed by atoms with Crippen molar-refractivity contribution in [3.05, 3.63) is 48.3 Å². The predicted octanol–water partition coefficient (Wildman–Crippen LogP) is 2.50. The summed E-state index contributed by atoms with van der Waals surface area (Å²) >= 11 is 0. The van der Waals surface area contributed by atoms with E-state index in [0.29, 0.717) is 6.54 Å². The van der Waals surface area contributed by atoms with Crippen LogP contribution in [-0.4, -0.2) is 46.1 Å². The molecule has 142 valence electrons. The minimum Gasteiger partial charge on any atom is -0.388 e. The Hall–Kier alpha value is -1.61. The van der Waals surface area contributed by atoms with E-state index in [4.69, 9.17) is 0 Å². The van der Waals surface area contributed by atoms with Crippen LogP contribution < -0.4 is 10.6 Å². The minimum absolute atomic E-state index is 0. The molecule has 1 aromatic heterocycles. The van der Waals surface area contributed by atoms with Gasteiger partial charge in [0.25, 0.3) is 0 Å². The number of nitrogens with one attached hydrogen (secondary N) is 2. The number of rotatable bonds is 7. The Morgan fingerprint density at radius 1 is 1.27 bits per heavy atom. The van der Waals surface area contributed by atoms with Crippen molar-refractivity contribution in [1.29, 1.82) is 0 Å². The summed E-state index contributed by atoms with van der Waals surface area (Å²) in [6.45, 7) is 4.12. The molecule has 1 aromatic carbocycles. The maximum absolute atomic E-state index is 10.2. The summed E-state index contributed by atoms with van der Waals surface area (Å²) in [5.74, 6) is 0.774. The molecule has 2 aromatic rings. The number of hydrogen-bond donors (Lipinski definition) is 3. The van der Waals surface area contributed by atoms with Crippen molar-refractivity contribution >= 4 is 29.9 Å². The van der Waals surface area contributed by atoms with E-state index >= 15 is 0 Å².